The molecule has 1 rings (SSSR count). The van der Waals surface area contributed by atoms with Crippen LogP contribution in [0.5, 0.6) is 0 Å². The summed E-state index contributed by atoms with van der Waals surface area (Å²) >= 11 is 5.94. The first-order chi connectivity index (χ1) is 9.08. The third-order valence-electron chi connectivity index (χ3n) is 2.57. The van der Waals surface area contributed by atoms with E-state index in [1.165, 1.54) is 0 Å². The zero-order chi connectivity index (χ0) is 14.3. The van der Waals surface area contributed by atoms with Crippen LogP contribution in [0.15, 0.2) is 12.1 Å². The van der Waals surface area contributed by atoms with Gasteiger partial charge in [0, 0.05) is 32.8 Å². The van der Waals surface area contributed by atoms with Crippen LogP contribution in [0.25, 0.3) is 0 Å². The van der Waals surface area contributed by atoms with E-state index in [9.17, 15) is 4.79 Å². The number of hydrogen-bond donors (Lipinski definition) is 1. The number of amides is 1. The first kappa shape index (κ1) is 15.7. The normalized spacial score (nSPS) is 10.3. The lowest BCUT2D eigenvalue weighted by Gasteiger charge is -2.17. The zero-order valence-corrected chi connectivity index (χ0v) is 12.3. The van der Waals surface area contributed by atoms with E-state index >= 15 is 0 Å². The van der Waals surface area contributed by atoms with E-state index in [1.807, 2.05) is 0 Å². The Morgan fingerprint density at radius 2 is 2.26 bits per heavy atom. The number of carbonyl (C=O) groups excluding carboxylic acids is 1. The van der Waals surface area contributed by atoms with Gasteiger partial charge in [-0.15, -0.1) is 0 Å². The summed E-state index contributed by atoms with van der Waals surface area (Å²) in [5.41, 5.74) is 0.525. The maximum absolute atomic E-state index is 12.2. The van der Waals surface area contributed by atoms with Crippen molar-refractivity contribution in [1.82, 2.24) is 9.88 Å². The maximum atomic E-state index is 12.2. The molecule has 0 bridgehead atoms. The molecule has 0 radical (unpaired) electrons. The largest absolute Gasteiger partial charge is 0.383 e. The molecule has 0 spiro atoms. The number of pyridine rings is 1. The lowest BCUT2D eigenvalue weighted by Crippen LogP contribution is -2.30. The number of rotatable bonds is 7. The molecule has 0 aromatic carbocycles. The average molecular weight is 286 g/mol. The smallest absolute Gasteiger partial charge is 0.253 e. The molecule has 106 valence electrons. The molecule has 1 aromatic heterocycles. The van der Waals surface area contributed by atoms with Gasteiger partial charge in [0.2, 0.25) is 0 Å². The number of nitrogens with zero attached hydrogens (tertiary/aromatic N) is 2. The van der Waals surface area contributed by atoms with Gasteiger partial charge in [0.25, 0.3) is 5.91 Å². The molecule has 0 saturated carbocycles. The number of halogens is 1. The van der Waals surface area contributed by atoms with Crippen molar-refractivity contribution in [2.24, 2.45) is 0 Å². The molecule has 1 heterocycles. The highest BCUT2D eigenvalue weighted by Gasteiger charge is 2.13. The average Bonchev–Trinajstić information content (AvgIpc) is 2.41. The van der Waals surface area contributed by atoms with Gasteiger partial charge in [-0.05, 0) is 18.6 Å². The number of likely N-dealkylation sites (N-methyl/N-ethyl adjacent to an activating group) is 1. The molecule has 6 heteroatoms. The minimum Gasteiger partial charge on any atom is -0.383 e. The Morgan fingerprint density at radius 3 is 2.89 bits per heavy atom. The quantitative estimate of drug-likeness (QED) is 0.781. The molecule has 0 aliphatic rings. The molecule has 0 unspecified atom stereocenters. The van der Waals surface area contributed by atoms with Crippen molar-refractivity contribution in [2.75, 3.05) is 39.2 Å². The molecule has 0 fully saturated rings. The number of methoxy groups -OCH3 is 1. The Bertz CT molecular complexity index is 426. The Kier molecular flexibility index (Phi) is 6.59. The summed E-state index contributed by atoms with van der Waals surface area (Å²) < 4.78 is 4.95. The van der Waals surface area contributed by atoms with Gasteiger partial charge in [-0.25, -0.2) is 4.98 Å². The fraction of sp³-hybridized carbons (Fsp3) is 0.538. The van der Waals surface area contributed by atoms with Crippen molar-refractivity contribution in [1.29, 1.82) is 0 Å². The van der Waals surface area contributed by atoms with E-state index in [-0.39, 0.29) is 5.91 Å². The van der Waals surface area contributed by atoms with Crippen LogP contribution in [0.2, 0.25) is 5.15 Å². The van der Waals surface area contributed by atoms with Crippen molar-refractivity contribution >= 4 is 23.3 Å². The fourth-order valence-electron chi connectivity index (χ4n) is 1.51. The number of nitrogens with one attached hydrogen (secondary N) is 1. The topological polar surface area (TPSA) is 54.5 Å². The van der Waals surface area contributed by atoms with Crippen LogP contribution in [0, 0.1) is 0 Å². The molecule has 0 aliphatic heterocycles. The molecule has 5 nitrogen and oxygen atoms in total. The van der Waals surface area contributed by atoms with E-state index in [4.69, 9.17) is 16.3 Å². The highest BCUT2D eigenvalue weighted by molar-refractivity contribution is 6.29. The van der Waals surface area contributed by atoms with Crippen molar-refractivity contribution in [3.63, 3.8) is 0 Å². The minimum atomic E-state index is -0.0964. The lowest BCUT2D eigenvalue weighted by atomic mass is 10.2. The number of anilines is 1. The fourth-order valence-corrected chi connectivity index (χ4v) is 1.72. The summed E-state index contributed by atoms with van der Waals surface area (Å²) in [4.78, 5) is 17.9. The van der Waals surface area contributed by atoms with E-state index in [0.717, 1.165) is 13.0 Å². The van der Waals surface area contributed by atoms with Gasteiger partial charge in [-0.3, -0.25) is 4.79 Å². The van der Waals surface area contributed by atoms with E-state index in [2.05, 4.69) is 17.2 Å². The highest BCUT2D eigenvalue weighted by atomic mass is 35.5. The summed E-state index contributed by atoms with van der Waals surface area (Å²) in [6.45, 7) is 3.89. The maximum Gasteiger partial charge on any atom is 0.253 e. The van der Waals surface area contributed by atoms with Crippen molar-refractivity contribution in [2.45, 2.75) is 13.3 Å². The minimum absolute atomic E-state index is 0.0964. The van der Waals surface area contributed by atoms with Crippen LogP contribution < -0.4 is 5.32 Å². The van der Waals surface area contributed by atoms with Crippen LogP contribution in [0.4, 0.5) is 5.82 Å². The van der Waals surface area contributed by atoms with Crippen molar-refractivity contribution < 1.29 is 9.53 Å². The van der Waals surface area contributed by atoms with Gasteiger partial charge in [-0.1, -0.05) is 18.5 Å². The van der Waals surface area contributed by atoms with E-state index in [0.29, 0.717) is 29.7 Å². The molecular weight excluding hydrogens is 266 g/mol. The van der Waals surface area contributed by atoms with Gasteiger partial charge in [0.15, 0.2) is 0 Å². The van der Waals surface area contributed by atoms with E-state index in [1.54, 1.807) is 31.2 Å². The predicted octanol–water partition coefficient (Wildman–Crippen LogP) is 2.28. The summed E-state index contributed by atoms with van der Waals surface area (Å²) in [7, 11) is 3.34. The first-order valence-electron chi connectivity index (χ1n) is 6.24. The van der Waals surface area contributed by atoms with Crippen molar-refractivity contribution in [3.05, 3.63) is 22.8 Å². The third kappa shape index (κ3) is 5.04. The first-order valence-corrected chi connectivity index (χ1v) is 6.62. The Balaban J connectivity index is 2.81. The zero-order valence-electron chi connectivity index (χ0n) is 11.6. The second-order valence-electron chi connectivity index (χ2n) is 4.21. The molecule has 0 atom stereocenters. The molecule has 0 saturated heterocycles. The Labute approximate surface area is 118 Å². The third-order valence-corrected chi connectivity index (χ3v) is 2.77. The molecule has 0 aliphatic carbocycles. The number of ether oxygens (including phenoxy) is 1. The number of aromatic nitrogens is 1. The monoisotopic (exact) mass is 285 g/mol. The molecular formula is C13H20ClN3O2. The van der Waals surface area contributed by atoms with Crippen molar-refractivity contribution in [3.8, 4) is 0 Å². The van der Waals surface area contributed by atoms with Crippen LogP contribution in [0.1, 0.15) is 23.7 Å². The second kappa shape index (κ2) is 7.96. The summed E-state index contributed by atoms with van der Waals surface area (Å²) in [6.07, 6.45) is 0.977. The predicted molar refractivity (Wildman–Crippen MR) is 76.9 cm³/mol. The summed E-state index contributed by atoms with van der Waals surface area (Å²) in [5, 5.41) is 3.43. The van der Waals surface area contributed by atoms with Gasteiger partial charge in [0.1, 0.15) is 11.0 Å². The number of hydrogen-bond acceptors (Lipinski definition) is 4. The molecule has 1 amide bonds. The van der Waals surface area contributed by atoms with Gasteiger partial charge in [-0.2, -0.15) is 0 Å². The Morgan fingerprint density at radius 1 is 1.53 bits per heavy atom. The molecule has 1 N–H and O–H groups in total. The van der Waals surface area contributed by atoms with Crippen LogP contribution >= 0.6 is 11.6 Å². The highest BCUT2D eigenvalue weighted by Crippen LogP contribution is 2.16. The van der Waals surface area contributed by atoms with Crippen LogP contribution in [-0.2, 0) is 4.74 Å². The standard InChI is InChI=1S/C13H20ClN3O2/c1-4-5-15-12-9-10(8-11(14)16-12)13(18)17(2)6-7-19-3/h8-9H,4-7H2,1-3H3,(H,15,16). The second-order valence-corrected chi connectivity index (χ2v) is 4.60. The summed E-state index contributed by atoms with van der Waals surface area (Å²) in [6, 6.07) is 3.29. The van der Waals surface area contributed by atoms with Crippen LogP contribution in [0.3, 0.4) is 0 Å². The number of carbonyl (C=O) groups is 1. The Hall–Kier alpha value is -1.33. The van der Waals surface area contributed by atoms with Gasteiger partial charge < -0.3 is 15.0 Å². The van der Waals surface area contributed by atoms with Gasteiger partial charge in [0.05, 0.1) is 6.61 Å². The van der Waals surface area contributed by atoms with E-state index < -0.39 is 0 Å². The lowest BCUT2D eigenvalue weighted by molar-refractivity contribution is 0.0744. The van der Waals surface area contributed by atoms with Gasteiger partial charge >= 0.3 is 0 Å². The molecule has 19 heavy (non-hydrogen) atoms. The molecule has 1 aromatic rings. The summed E-state index contributed by atoms with van der Waals surface area (Å²) in [5.74, 6) is 0.527. The van der Waals surface area contributed by atoms with Crippen LogP contribution in [-0.4, -0.2) is 49.6 Å². The SMILES string of the molecule is CCCNc1cc(C(=O)N(C)CCOC)cc(Cl)n1.